The number of amides is 1. The number of rotatable bonds is 5. The van der Waals surface area contributed by atoms with Crippen molar-refractivity contribution in [2.75, 3.05) is 13.1 Å². The summed E-state index contributed by atoms with van der Waals surface area (Å²) in [4.78, 5) is 31.3. The Morgan fingerprint density at radius 1 is 0.938 bits per heavy atom. The Morgan fingerprint density at radius 2 is 1.59 bits per heavy atom. The van der Waals surface area contributed by atoms with E-state index >= 15 is 0 Å². The van der Waals surface area contributed by atoms with E-state index in [1.54, 1.807) is 29.2 Å². The number of hydrogen-bond acceptors (Lipinski definition) is 5. The van der Waals surface area contributed by atoms with Crippen molar-refractivity contribution in [1.29, 1.82) is 0 Å². The largest absolute Gasteiger partial charge is 0.445 e. The smallest absolute Gasteiger partial charge is 0.410 e. The first-order valence-electron chi connectivity index (χ1n) is 10.5. The lowest BCUT2D eigenvalue weighted by Crippen LogP contribution is -2.38. The summed E-state index contributed by atoms with van der Waals surface area (Å²) >= 11 is 3.40. The van der Waals surface area contributed by atoms with Crippen molar-refractivity contribution in [2.45, 2.75) is 25.4 Å². The second-order valence-electron chi connectivity index (χ2n) is 7.57. The van der Waals surface area contributed by atoms with Crippen molar-refractivity contribution in [3.63, 3.8) is 0 Å². The van der Waals surface area contributed by atoms with Crippen LogP contribution < -0.4 is 4.74 Å². The van der Waals surface area contributed by atoms with E-state index in [0.29, 0.717) is 23.3 Å². The molecule has 1 fully saturated rings. The van der Waals surface area contributed by atoms with Crippen LogP contribution in [0.25, 0.3) is 0 Å². The molecule has 6 nitrogen and oxygen atoms in total. The van der Waals surface area contributed by atoms with E-state index in [2.05, 4.69) is 20.9 Å². The number of carbonyl (C=O) groups excluding carboxylic acids is 2. The Hall–Kier alpha value is -3.19. The summed E-state index contributed by atoms with van der Waals surface area (Å²) in [7, 11) is 0. The van der Waals surface area contributed by atoms with Crippen LogP contribution in [-0.4, -0.2) is 35.0 Å². The minimum atomic E-state index is -0.508. The van der Waals surface area contributed by atoms with Gasteiger partial charge in [-0.3, -0.25) is 0 Å². The van der Waals surface area contributed by atoms with Crippen LogP contribution in [0.5, 0.6) is 5.75 Å². The molecular weight excluding hydrogens is 472 g/mol. The molecule has 0 N–H and O–H groups in total. The number of hydrogen-bond donors (Lipinski definition) is 0. The summed E-state index contributed by atoms with van der Waals surface area (Å²) in [6, 6.07) is 22.3. The molecule has 2 heterocycles. The maximum atomic E-state index is 12.6. The predicted molar refractivity (Wildman–Crippen MR) is 124 cm³/mol. The van der Waals surface area contributed by atoms with Gasteiger partial charge in [-0.1, -0.05) is 48.5 Å². The Labute approximate surface area is 195 Å². The summed E-state index contributed by atoms with van der Waals surface area (Å²) in [5.41, 5.74) is 2.03. The molecular formula is C25H23BrN2O4. The summed E-state index contributed by atoms with van der Waals surface area (Å²) in [5, 5.41) is 0. The molecule has 0 unspecified atom stereocenters. The van der Waals surface area contributed by atoms with Crippen LogP contribution in [0.2, 0.25) is 0 Å². The summed E-state index contributed by atoms with van der Waals surface area (Å²) in [6.07, 6.45) is 1.20. The lowest BCUT2D eigenvalue weighted by molar-refractivity contribution is 0.0727. The highest BCUT2D eigenvalue weighted by Gasteiger charge is 2.27. The zero-order chi connectivity index (χ0) is 22.3. The molecule has 7 heteroatoms. The van der Waals surface area contributed by atoms with E-state index in [0.717, 1.165) is 24.1 Å². The monoisotopic (exact) mass is 494 g/mol. The second-order valence-corrected chi connectivity index (χ2v) is 8.42. The first-order chi connectivity index (χ1) is 15.6. The van der Waals surface area contributed by atoms with Crippen LogP contribution in [0.1, 0.15) is 40.5 Å². The van der Waals surface area contributed by atoms with Gasteiger partial charge in [0.2, 0.25) is 0 Å². The van der Waals surface area contributed by atoms with Crippen molar-refractivity contribution in [2.24, 2.45) is 0 Å². The van der Waals surface area contributed by atoms with E-state index in [1.165, 1.54) is 0 Å². The van der Waals surface area contributed by atoms with Gasteiger partial charge in [0.25, 0.3) is 0 Å². The highest BCUT2D eigenvalue weighted by Crippen LogP contribution is 2.29. The molecule has 0 bridgehead atoms. The number of benzene rings is 2. The normalized spacial score (nSPS) is 14.1. The van der Waals surface area contributed by atoms with Crippen LogP contribution in [0.15, 0.2) is 77.3 Å². The fourth-order valence-electron chi connectivity index (χ4n) is 3.64. The molecule has 0 aliphatic carbocycles. The number of pyridine rings is 1. The zero-order valence-corrected chi connectivity index (χ0v) is 19.0. The minimum absolute atomic E-state index is 0.157. The van der Waals surface area contributed by atoms with E-state index in [4.69, 9.17) is 9.47 Å². The number of halogens is 1. The van der Waals surface area contributed by atoms with Crippen molar-refractivity contribution >= 4 is 28.0 Å². The SMILES string of the molecule is O=C(Oc1ccccc1)c1nc(C2CCN(C(=O)OCc3ccccc3)CC2)ccc1Br. The van der Waals surface area contributed by atoms with Gasteiger partial charge in [-0.05, 0) is 58.6 Å². The van der Waals surface area contributed by atoms with Gasteiger partial charge in [0.05, 0.1) is 4.47 Å². The Bertz CT molecular complexity index is 1070. The molecule has 3 aromatic rings. The zero-order valence-electron chi connectivity index (χ0n) is 17.4. The van der Waals surface area contributed by atoms with Gasteiger partial charge in [-0.25, -0.2) is 14.6 Å². The van der Waals surface area contributed by atoms with Crippen LogP contribution >= 0.6 is 15.9 Å². The van der Waals surface area contributed by atoms with Crippen molar-refractivity contribution < 1.29 is 19.1 Å². The third-order valence-electron chi connectivity index (χ3n) is 5.39. The van der Waals surface area contributed by atoms with E-state index in [9.17, 15) is 9.59 Å². The third-order valence-corrected chi connectivity index (χ3v) is 6.03. The first kappa shape index (κ1) is 22.0. The quantitative estimate of drug-likeness (QED) is 0.342. The molecule has 1 aliphatic rings. The van der Waals surface area contributed by atoms with Gasteiger partial charge in [-0.15, -0.1) is 0 Å². The number of carbonyl (C=O) groups is 2. The van der Waals surface area contributed by atoms with Crippen LogP contribution in [0.3, 0.4) is 0 Å². The van der Waals surface area contributed by atoms with Crippen LogP contribution in [-0.2, 0) is 11.3 Å². The number of para-hydroxylation sites is 1. The molecule has 0 saturated carbocycles. The number of aromatic nitrogens is 1. The number of likely N-dealkylation sites (tertiary alicyclic amines) is 1. The molecule has 2 aromatic carbocycles. The molecule has 0 radical (unpaired) electrons. The van der Waals surface area contributed by atoms with Gasteiger partial charge in [0.1, 0.15) is 12.4 Å². The average molecular weight is 495 g/mol. The standard InChI is InChI=1S/C25H23BrN2O4/c26-21-11-12-22(27-23(21)24(29)32-20-9-5-2-6-10-20)19-13-15-28(16-14-19)25(30)31-17-18-7-3-1-4-8-18/h1-12,19H,13-17H2. The molecule has 0 atom stereocenters. The van der Waals surface area contributed by atoms with Gasteiger partial charge in [0.15, 0.2) is 5.69 Å². The summed E-state index contributed by atoms with van der Waals surface area (Å²) < 4.78 is 11.5. The lowest BCUT2D eigenvalue weighted by Gasteiger charge is -2.31. The molecule has 1 amide bonds. The molecule has 4 rings (SSSR count). The van der Waals surface area contributed by atoms with Gasteiger partial charge in [0, 0.05) is 24.7 Å². The Kier molecular flexibility index (Phi) is 7.17. The maximum absolute atomic E-state index is 12.6. The van der Waals surface area contributed by atoms with Crippen molar-refractivity contribution in [3.8, 4) is 5.75 Å². The maximum Gasteiger partial charge on any atom is 0.410 e. The number of ether oxygens (including phenoxy) is 2. The van der Waals surface area contributed by atoms with Gasteiger partial charge >= 0.3 is 12.1 Å². The number of esters is 1. The Balaban J connectivity index is 1.34. The topological polar surface area (TPSA) is 68.7 Å². The molecule has 32 heavy (non-hydrogen) atoms. The molecule has 0 spiro atoms. The van der Waals surface area contributed by atoms with Gasteiger partial charge in [-0.2, -0.15) is 0 Å². The first-order valence-corrected chi connectivity index (χ1v) is 11.3. The molecule has 1 aliphatic heterocycles. The highest BCUT2D eigenvalue weighted by atomic mass is 79.9. The number of piperidine rings is 1. The summed E-state index contributed by atoms with van der Waals surface area (Å²) in [6.45, 7) is 1.43. The van der Waals surface area contributed by atoms with E-state index in [1.807, 2.05) is 48.5 Å². The molecule has 1 aromatic heterocycles. The van der Waals surface area contributed by atoms with E-state index < -0.39 is 5.97 Å². The average Bonchev–Trinajstić information content (AvgIpc) is 2.84. The predicted octanol–water partition coefficient (Wildman–Crippen LogP) is 5.58. The van der Waals surface area contributed by atoms with Crippen molar-refractivity contribution in [3.05, 3.63) is 94.2 Å². The minimum Gasteiger partial charge on any atom is -0.445 e. The Morgan fingerprint density at radius 3 is 2.28 bits per heavy atom. The number of nitrogens with zero attached hydrogens (tertiary/aromatic N) is 2. The van der Waals surface area contributed by atoms with Gasteiger partial charge < -0.3 is 14.4 Å². The third kappa shape index (κ3) is 5.53. The van der Waals surface area contributed by atoms with Crippen LogP contribution in [0.4, 0.5) is 4.79 Å². The molecule has 1 saturated heterocycles. The fraction of sp³-hybridized carbons (Fsp3) is 0.240. The van der Waals surface area contributed by atoms with Crippen LogP contribution in [0, 0.1) is 0 Å². The van der Waals surface area contributed by atoms with E-state index in [-0.39, 0.29) is 24.3 Å². The fourth-order valence-corrected chi connectivity index (χ4v) is 4.02. The second kappa shape index (κ2) is 10.4. The molecule has 164 valence electrons. The highest BCUT2D eigenvalue weighted by molar-refractivity contribution is 9.10. The lowest BCUT2D eigenvalue weighted by atomic mass is 9.93. The van der Waals surface area contributed by atoms with Crippen molar-refractivity contribution in [1.82, 2.24) is 9.88 Å². The summed E-state index contributed by atoms with van der Waals surface area (Å²) in [5.74, 6) is 0.121.